The summed E-state index contributed by atoms with van der Waals surface area (Å²) in [6.07, 6.45) is 1.28. The van der Waals surface area contributed by atoms with Crippen LogP contribution in [0.15, 0.2) is 69.1 Å². The average Bonchev–Trinajstić information content (AvgIpc) is 3.17. The van der Waals surface area contributed by atoms with Crippen LogP contribution in [-0.2, 0) is 9.59 Å². The predicted octanol–water partition coefficient (Wildman–Crippen LogP) is 5.68. The van der Waals surface area contributed by atoms with Crippen LogP contribution in [0, 0.1) is 0 Å². The molecule has 2 aromatic carbocycles. The van der Waals surface area contributed by atoms with Crippen LogP contribution < -0.4 is 10.2 Å². The highest BCUT2D eigenvalue weighted by Gasteiger charge is 2.37. The van der Waals surface area contributed by atoms with Gasteiger partial charge in [0.15, 0.2) is 0 Å². The molecule has 6 nitrogen and oxygen atoms in total. The highest BCUT2D eigenvalue weighted by atomic mass is 79.9. The molecule has 1 saturated heterocycles. The van der Waals surface area contributed by atoms with Crippen molar-refractivity contribution in [1.82, 2.24) is 5.32 Å². The fraction of sp³-hybridized carbons (Fsp3) is 0. The zero-order chi connectivity index (χ0) is 21.4. The minimum Gasteiger partial charge on any atom is -0.457 e. The van der Waals surface area contributed by atoms with E-state index >= 15 is 0 Å². The lowest BCUT2D eigenvalue weighted by atomic mass is 10.1. The van der Waals surface area contributed by atoms with Crippen LogP contribution >= 0.6 is 39.1 Å². The second-order valence-corrected chi connectivity index (χ2v) is 7.94. The molecule has 30 heavy (non-hydrogen) atoms. The molecular weight excluding hydrogens is 495 g/mol. The van der Waals surface area contributed by atoms with Gasteiger partial charge in [0.05, 0.1) is 15.7 Å². The predicted molar refractivity (Wildman–Crippen MR) is 117 cm³/mol. The molecule has 0 unspecified atom stereocenters. The normalized spacial score (nSPS) is 15.6. The Balaban J connectivity index is 1.69. The first-order valence-electron chi connectivity index (χ1n) is 8.56. The zero-order valence-corrected chi connectivity index (χ0v) is 18.1. The fourth-order valence-corrected chi connectivity index (χ4v) is 3.55. The molecule has 0 spiro atoms. The summed E-state index contributed by atoms with van der Waals surface area (Å²) in [5.74, 6) is -0.912. The van der Waals surface area contributed by atoms with Crippen LogP contribution in [0.1, 0.15) is 5.76 Å². The molecule has 1 aliphatic heterocycles. The van der Waals surface area contributed by atoms with Crippen LogP contribution in [0.5, 0.6) is 0 Å². The van der Waals surface area contributed by atoms with Gasteiger partial charge in [-0.05, 0) is 54.6 Å². The van der Waals surface area contributed by atoms with Gasteiger partial charge in [0.25, 0.3) is 11.8 Å². The van der Waals surface area contributed by atoms with Crippen molar-refractivity contribution in [3.05, 3.63) is 80.4 Å². The van der Waals surface area contributed by atoms with Crippen LogP contribution in [-0.4, -0.2) is 17.8 Å². The van der Waals surface area contributed by atoms with Gasteiger partial charge in [-0.3, -0.25) is 14.9 Å². The lowest BCUT2D eigenvalue weighted by molar-refractivity contribution is -0.122. The number of amides is 4. The summed E-state index contributed by atoms with van der Waals surface area (Å²) in [5.41, 5.74) is 0.653. The molecule has 1 aliphatic rings. The zero-order valence-electron chi connectivity index (χ0n) is 15.0. The quantitative estimate of drug-likeness (QED) is 0.366. The third-order valence-corrected chi connectivity index (χ3v) is 5.66. The van der Waals surface area contributed by atoms with Crippen molar-refractivity contribution in [2.24, 2.45) is 0 Å². The average molecular weight is 506 g/mol. The summed E-state index contributed by atoms with van der Waals surface area (Å²) >= 11 is 15.6. The van der Waals surface area contributed by atoms with Gasteiger partial charge in [-0.2, -0.15) is 0 Å². The molecule has 1 N–H and O–H groups in total. The first-order chi connectivity index (χ1) is 14.3. The van der Waals surface area contributed by atoms with E-state index < -0.39 is 17.8 Å². The Morgan fingerprint density at radius 2 is 1.70 bits per heavy atom. The number of carbonyl (C=O) groups excluding carboxylic acids is 3. The van der Waals surface area contributed by atoms with Gasteiger partial charge in [0, 0.05) is 10.0 Å². The molecule has 2 heterocycles. The highest BCUT2D eigenvalue weighted by molar-refractivity contribution is 9.10. The summed E-state index contributed by atoms with van der Waals surface area (Å²) in [6.45, 7) is 0. The molecular formula is C21H11BrCl2N2O4. The van der Waals surface area contributed by atoms with E-state index in [-0.39, 0.29) is 11.3 Å². The Hall–Kier alpha value is -2.87. The van der Waals surface area contributed by atoms with E-state index in [0.717, 1.165) is 9.37 Å². The third kappa shape index (κ3) is 3.79. The number of halogens is 3. The van der Waals surface area contributed by atoms with Crippen molar-refractivity contribution < 1.29 is 18.8 Å². The van der Waals surface area contributed by atoms with Gasteiger partial charge in [-0.25, -0.2) is 9.69 Å². The molecule has 0 atom stereocenters. The summed E-state index contributed by atoms with van der Waals surface area (Å²) in [5, 5.41) is 2.86. The van der Waals surface area contributed by atoms with E-state index in [4.69, 9.17) is 27.6 Å². The largest absolute Gasteiger partial charge is 0.457 e. The second-order valence-electron chi connectivity index (χ2n) is 6.24. The molecule has 3 aromatic rings. The van der Waals surface area contributed by atoms with Gasteiger partial charge in [-0.15, -0.1) is 0 Å². The summed E-state index contributed by atoms with van der Waals surface area (Å²) in [4.78, 5) is 38.3. The number of barbiturate groups is 1. The smallest absolute Gasteiger partial charge is 0.335 e. The number of nitrogens with zero attached hydrogens (tertiary/aromatic N) is 1. The number of urea groups is 1. The van der Waals surface area contributed by atoms with E-state index in [1.807, 2.05) is 0 Å². The molecule has 0 aliphatic carbocycles. The Morgan fingerprint density at radius 3 is 2.43 bits per heavy atom. The maximum Gasteiger partial charge on any atom is 0.335 e. The van der Waals surface area contributed by atoms with Crippen LogP contribution in [0.4, 0.5) is 10.5 Å². The number of imide groups is 2. The SMILES string of the molecule is O=C1NC(=O)N(c2ccc(Br)cc2)C(=O)/C1=C\c1ccc(-c2cccc(Cl)c2Cl)o1. The molecule has 150 valence electrons. The monoisotopic (exact) mass is 504 g/mol. The van der Waals surface area contributed by atoms with E-state index in [1.165, 1.54) is 6.08 Å². The summed E-state index contributed by atoms with van der Waals surface area (Å²) in [6, 6.07) is 14.1. The van der Waals surface area contributed by atoms with Crippen molar-refractivity contribution in [3.63, 3.8) is 0 Å². The first-order valence-corrected chi connectivity index (χ1v) is 10.1. The summed E-state index contributed by atoms with van der Waals surface area (Å²) in [7, 11) is 0. The highest BCUT2D eigenvalue weighted by Crippen LogP contribution is 2.35. The fourth-order valence-electron chi connectivity index (χ4n) is 2.89. The van der Waals surface area contributed by atoms with Gasteiger partial charge in [0.2, 0.25) is 0 Å². The Morgan fingerprint density at radius 1 is 0.967 bits per heavy atom. The Kier molecular flexibility index (Phi) is 5.51. The number of nitrogens with one attached hydrogen (secondary N) is 1. The minimum atomic E-state index is -0.824. The number of hydrogen-bond acceptors (Lipinski definition) is 4. The van der Waals surface area contributed by atoms with Crippen molar-refractivity contribution in [3.8, 4) is 11.3 Å². The lowest BCUT2D eigenvalue weighted by Gasteiger charge is -2.26. The molecule has 1 fully saturated rings. The van der Waals surface area contributed by atoms with Gasteiger partial charge < -0.3 is 4.42 Å². The van der Waals surface area contributed by atoms with Gasteiger partial charge in [0.1, 0.15) is 17.1 Å². The number of furan rings is 1. The van der Waals surface area contributed by atoms with E-state index in [9.17, 15) is 14.4 Å². The topological polar surface area (TPSA) is 79.6 Å². The second kappa shape index (κ2) is 8.10. The molecule has 4 amide bonds. The summed E-state index contributed by atoms with van der Waals surface area (Å²) < 4.78 is 6.51. The van der Waals surface area contributed by atoms with Crippen LogP contribution in [0.25, 0.3) is 17.4 Å². The van der Waals surface area contributed by atoms with Crippen LogP contribution in [0.3, 0.4) is 0 Å². The maximum absolute atomic E-state index is 12.9. The van der Waals surface area contributed by atoms with Crippen molar-refractivity contribution in [2.45, 2.75) is 0 Å². The van der Waals surface area contributed by atoms with E-state index in [1.54, 1.807) is 54.6 Å². The molecule has 0 saturated carbocycles. The molecule has 4 rings (SSSR count). The number of anilines is 1. The number of rotatable bonds is 3. The van der Waals surface area contributed by atoms with Crippen molar-refractivity contribution >= 4 is 68.7 Å². The van der Waals surface area contributed by atoms with Gasteiger partial charge in [-0.1, -0.05) is 45.2 Å². The molecule has 1 aromatic heterocycles. The first kappa shape index (κ1) is 20.4. The molecule has 0 bridgehead atoms. The van der Waals surface area contributed by atoms with Crippen LogP contribution in [0.2, 0.25) is 10.0 Å². The van der Waals surface area contributed by atoms with Crippen molar-refractivity contribution in [2.75, 3.05) is 4.90 Å². The lowest BCUT2D eigenvalue weighted by Crippen LogP contribution is -2.54. The minimum absolute atomic E-state index is 0.240. The number of carbonyl (C=O) groups is 3. The standard InChI is InChI=1S/C21H11BrCl2N2O4/c22-11-4-6-12(7-5-11)26-20(28)15(19(27)25-21(26)29)10-13-8-9-17(30-13)14-2-1-3-16(23)18(14)24/h1-10H,(H,25,27,29)/b15-10-. The third-order valence-electron chi connectivity index (χ3n) is 4.32. The van der Waals surface area contributed by atoms with E-state index in [2.05, 4.69) is 21.2 Å². The number of hydrogen-bond donors (Lipinski definition) is 1. The van der Waals surface area contributed by atoms with E-state index in [0.29, 0.717) is 27.1 Å². The Bertz CT molecular complexity index is 1220. The van der Waals surface area contributed by atoms with Crippen molar-refractivity contribution in [1.29, 1.82) is 0 Å². The number of benzene rings is 2. The van der Waals surface area contributed by atoms with Gasteiger partial charge >= 0.3 is 6.03 Å². The molecule has 0 radical (unpaired) electrons. The molecule has 9 heteroatoms. The maximum atomic E-state index is 12.9. The Labute approximate surface area is 189 Å².